The van der Waals surface area contributed by atoms with Crippen LogP contribution in [-0.4, -0.2) is 19.1 Å². The van der Waals surface area contributed by atoms with Crippen molar-refractivity contribution in [3.63, 3.8) is 0 Å². The van der Waals surface area contributed by atoms with E-state index in [2.05, 4.69) is 22.8 Å². The summed E-state index contributed by atoms with van der Waals surface area (Å²) in [6.45, 7) is 0. The molecule has 1 aliphatic carbocycles. The largest absolute Gasteiger partial charge is 0.497 e. The lowest BCUT2D eigenvalue weighted by Gasteiger charge is -2.06. The maximum atomic E-state index is 12.0. The van der Waals surface area contributed by atoms with Gasteiger partial charge in [0.1, 0.15) is 5.75 Å². The second-order valence-corrected chi connectivity index (χ2v) is 6.04. The Balaban J connectivity index is 1.53. The van der Waals surface area contributed by atoms with Gasteiger partial charge < -0.3 is 10.1 Å². The highest BCUT2D eigenvalue weighted by Gasteiger charge is 2.39. The predicted molar refractivity (Wildman–Crippen MR) is 80.3 cm³/mol. The zero-order valence-corrected chi connectivity index (χ0v) is 12.2. The van der Waals surface area contributed by atoms with Crippen molar-refractivity contribution in [2.45, 2.75) is 24.8 Å². The smallest absolute Gasteiger partial charge is 0.224 e. The fourth-order valence-corrected chi connectivity index (χ4v) is 3.30. The second kappa shape index (κ2) is 5.67. The van der Waals surface area contributed by atoms with Crippen molar-refractivity contribution < 1.29 is 9.53 Å². The molecule has 1 heterocycles. The van der Waals surface area contributed by atoms with Crippen LogP contribution < -0.4 is 10.1 Å². The molecule has 1 saturated carbocycles. The average Bonchev–Trinajstić information content (AvgIpc) is 3.00. The van der Waals surface area contributed by atoms with Gasteiger partial charge in [0.15, 0.2) is 0 Å². The van der Waals surface area contributed by atoms with Crippen LogP contribution in [0.3, 0.4) is 0 Å². The normalized spacial score (nSPS) is 20.4. The third kappa shape index (κ3) is 3.02. The highest BCUT2D eigenvalue weighted by Crippen LogP contribution is 2.42. The molecule has 1 aromatic carbocycles. The number of nitrogens with one attached hydrogen (secondary N) is 1. The van der Waals surface area contributed by atoms with Gasteiger partial charge in [-0.15, -0.1) is 11.3 Å². The SMILES string of the molecule is COc1cccc(CC(=O)NC2CC2c2cccs2)c1. The Labute approximate surface area is 122 Å². The van der Waals surface area contributed by atoms with Crippen LogP contribution in [-0.2, 0) is 11.2 Å². The summed E-state index contributed by atoms with van der Waals surface area (Å²) in [4.78, 5) is 13.4. The summed E-state index contributed by atoms with van der Waals surface area (Å²) in [5, 5.41) is 5.19. The molecule has 3 rings (SSSR count). The van der Waals surface area contributed by atoms with Gasteiger partial charge >= 0.3 is 0 Å². The molecule has 104 valence electrons. The van der Waals surface area contributed by atoms with Gasteiger partial charge in [-0.25, -0.2) is 0 Å². The van der Waals surface area contributed by atoms with E-state index < -0.39 is 0 Å². The minimum Gasteiger partial charge on any atom is -0.497 e. The summed E-state index contributed by atoms with van der Waals surface area (Å²) in [6, 6.07) is 12.2. The number of carbonyl (C=O) groups excluding carboxylic acids is 1. The molecule has 0 spiro atoms. The Hall–Kier alpha value is -1.81. The predicted octanol–water partition coefficient (Wildman–Crippen LogP) is 2.97. The molecular formula is C16H17NO2S. The fourth-order valence-electron chi connectivity index (χ4n) is 2.40. The Morgan fingerprint density at radius 3 is 3.05 bits per heavy atom. The summed E-state index contributed by atoms with van der Waals surface area (Å²) in [7, 11) is 1.63. The van der Waals surface area contributed by atoms with Crippen molar-refractivity contribution in [2.75, 3.05) is 7.11 Å². The first kappa shape index (κ1) is 13.2. The van der Waals surface area contributed by atoms with Crippen LogP contribution in [0, 0.1) is 0 Å². The number of benzene rings is 1. The van der Waals surface area contributed by atoms with Gasteiger partial charge in [0.25, 0.3) is 0 Å². The maximum absolute atomic E-state index is 12.0. The van der Waals surface area contributed by atoms with Crippen molar-refractivity contribution in [2.24, 2.45) is 0 Å². The van der Waals surface area contributed by atoms with Gasteiger partial charge in [0, 0.05) is 16.8 Å². The third-order valence-electron chi connectivity index (χ3n) is 3.54. The van der Waals surface area contributed by atoms with Crippen LogP contribution >= 0.6 is 11.3 Å². The lowest BCUT2D eigenvalue weighted by molar-refractivity contribution is -0.120. The highest BCUT2D eigenvalue weighted by atomic mass is 32.1. The Morgan fingerprint density at radius 2 is 2.30 bits per heavy atom. The zero-order chi connectivity index (χ0) is 13.9. The van der Waals surface area contributed by atoms with Crippen molar-refractivity contribution in [3.05, 3.63) is 52.2 Å². The summed E-state index contributed by atoms with van der Waals surface area (Å²) in [5.74, 6) is 1.39. The van der Waals surface area contributed by atoms with Crippen LogP contribution in [0.2, 0.25) is 0 Å². The Morgan fingerprint density at radius 1 is 1.40 bits per heavy atom. The standard InChI is InChI=1S/C16H17NO2S/c1-19-12-5-2-4-11(8-12)9-16(18)17-14-10-13(14)15-6-3-7-20-15/h2-8,13-14H,9-10H2,1H3,(H,17,18). The van der Waals surface area contributed by atoms with Gasteiger partial charge in [0.2, 0.25) is 5.91 Å². The van der Waals surface area contributed by atoms with Gasteiger partial charge in [0.05, 0.1) is 13.5 Å². The van der Waals surface area contributed by atoms with Crippen LogP contribution in [0.4, 0.5) is 0 Å². The van der Waals surface area contributed by atoms with E-state index in [9.17, 15) is 4.79 Å². The molecule has 20 heavy (non-hydrogen) atoms. The number of carbonyl (C=O) groups is 1. The molecule has 1 aromatic heterocycles. The molecule has 1 fully saturated rings. The average molecular weight is 287 g/mol. The molecule has 1 N–H and O–H groups in total. The number of thiophene rings is 1. The molecule has 1 amide bonds. The molecule has 0 saturated heterocycles. The minimum absolute atomic E-state index is 0.0855. The third-order valence-corrected chi connectivity index (χ3v) is 4.55. The van der Waals surface area contributed by atoms with E-state index in [-0.39, 0.29) is 5.91 Å². The van der Waals surface area contributed by atoms with Crippen LogP contribution in [0.5, 0.6) is 5.75 Å². The summed E-state index contributed by atoms with van der Waals surface area (Å²) >= 11 is 1.77. The molecule has 4 heteroatoms. The lowest BCUT2D eigenvalue weighted by Crippen LogP contribution is -2.28. The summed E-state index contributed by atoms with van der Waals surface area (Å²) < 4.78 is 5.17. The number of methoxy groups -OCH3 is 1. The highest BCUT2D eigenvalue weighted by molar-refractivity contribution is 7.10. The quantitative estimate of drug-likeness (QED) is 0.918. The van der Waals surface area contributed by atoms with Gasteiger partial charge in [-0.3, -0.25) is 4.79 Å². The van der Waals surface area contributed by atoms with E-state index in [4.69, 9.17) is 4.74 Å². The number of ether oxygens (including phenoxy) is 1. The zero-order valence-electron chi connectivity index (χ0n) is 11.3. The molecule has 0 radical (unpaired) electrons. The van der Waals surface area contributed by atoms with Crippen LogP contribution in [0.1, 0.15) is 22.8 Å². The first-order chi connectivity index (χ1) is 9.76. The molecule has 0 aliphatic heterocycles. The molecule has 2 aromatic rings. The summed E-state index contributed by atoms with van der Waals surface area (Å²) in [5.41, 5.74) is 0.982. The van der Waals surface area contributed by atoms with E-state index in [1.54, 1.807) is 18.4 Å². The van der Waals surface area contributed by atoms with Gasteiger partial charge in [-0.05, 0) is 35.6 Å². The number of rotatable bonds is 5. The topological polar surface area (TPSA) is 38.3 Å². The molecule has 2 atom stereocenters. The summed E-state index contributed by atoms with van der Waals surface area (Å²) in [6.07, 6.45) is 1.47. The fraction of sp³-hybridized carbons (Fsp3) is 0.312. The monoisotopic (exact) mass is 287 g/mol. The lowest BCUT2D eigenvalue weighted by atomic mass is 10.1. The number of hydrogen-bond donors (Lipinski definition) is 1. The molecule has 0 bridgehead atoms. The van der Waals surface area contributed by atoms with Crippen molar-refractivity contribution in [1.82, 2.24) is 5.32 Å². The number of amides is 1. The minimum atomic E-state index is 0.0855. The van der Waals surface area contributed by atoms with Gasteiger partial charge in [-0.1, -0.05) is 18.2 Å². The van der Waals surface area contributed by atoms with Crippen LogP contribution in [0.25, 0.3) is 0 Å². The number of hydrogen-bond acceptors (Lipinski definition) is 3. The van der Waals surface area contributed by atoms with E-state index in [1.807, 2.05) is 24.3 Å². The molecule has 2 unspecified atom stereocenters. The van der Waals surface area contributed by atoms with E-state index in [0.717, 1.165) is 17.7 Å². The van der Waals surface area contributed by atoms with Gasteiger partial charge in [-0.2, -0.15) is 0 Å². The first-order valence-corrected chi connectivity index (χ1v) is 7.60. The van der Waals surface area contributed by atoms with Crippen molar-refractivity contribution >= 4 is 17.2 Å². The molecular weight excluding hydrogens is 270 g/mol. The van der Waals surface area contributed by atoms with E-state index in [1.165, 1.54) is 4.88 Å². The maximum Gasteiger partial charge on any atom is 0.224 e. The van der Waals surface area contributed by atoms with E-state index in [0.29, 0.717) is 18.4 Å². The van der Waals surface area contributed by atoms with Crippen LogP contribution in [0.15, 0.2) is 41.8 Å². The first-order valence-electron chi connectivity index (χ1n) is 6.72. The van der Waals surface area contributed by atoms with Crippen molar-refractivity contribution in [3.8, 4) is 5.75 Å². The Bertz CT molecular complexity index is 594. The van der Waals surface area contributed by atoms with Crippen molar-refractivity contribution in [1.29, 1.82) is 0 Å². The molecule has 1 aliphatic rings. The molecule has 3 nitrogen and oxygen atoms in total. The Kier molecular flexibility index (Phi) is 3.74. The second-order valence-electron chi connectivity index (χ2n) is 5.06. The van der Waals surface area contributed by atoms with E-state index >= 15 is 0 Å².